The van der Waals surface area contributed by atoms with Gasteiger partial charge in [0.1, 0.15) is 0 Å². The van der Waals surface area contributed by atoms with Gasteiger partial charge in [-0.3, -0.25) is 9.59 Å². The Morgan fingerprint density at radius 2 is 2.00 bits per heavy atom. The molecule has 19 heavy (non-hydrogen) atoms. The first-order valence-electron chi connectivity index (χ1n) is 6.73. The van der Waals surface area contributed by atoms with Gasteiger partial charge in [0.15, 0.2) is 5.78 Å². The number of carbonyl (C=O) groups excluding carboxylic acids is 2. The first-order valence-corrected chi connectivity index (χ1v) is 6.73. The summed E-state index contributed by atoms with van der Waals surface area (Å²) >= 11 is 0. The van der Waals surface area contributed by atoms with Crippen molar-refractivity contribution < 1.29 is 9.59 Å². The normalized spacial score (nSPS) is 18.3. The largest absolute Gasteiger partial charge is 0.341 e. The molecule has 1 N–H and O–H groups in total. The van der Waals surface area contributed by atoms with Gasteiger partial charge in [0.05, 0.1) is 0 Å². The summed E-state index contributed by atoms with van der Waals surface area (Å²) in [5.41, 5.74) is 0.681. The third-order valence-corrected chi connectivity index (χ3v) is 3.64. The van der Waals surface area contributed by atoms with Gasteiger partial charge in [-0.1, -0.05) is 30.3 Å². The van der Waals surface area contributed by atoms with Gasteiger partial charge in [-0.15, -0.1) is 0 Å². The molecule has 1 aromatic rings. The van der Waals surface area contributed by atoms with E-state index in [2.05, 4.69) is 5.32 Å². The van der Waals surface area contributed by atoms with Crippen molar-refractivity contribution in [2.75, 3.05) is 20.1 Å². The minimum atomic E-state index is 0.0342. The minimum absolute atomic E-state index is 0.0342. The van der Waals surface area contributed by atoms with Crippen LogP contribution in [0.25, 0.3) is 0 Å². The van der Waals surface area contributed by atoms with Crippen LogP contribution in [0.5, 0.6) is 0 Å². The Hall–Kier alpha value is -1.68. The standard InChI is InChI=1S/C15H20N2O2/c1-17(13-9-10-16-11-13)15(19)8-7-14(18)12-5-3-2-4-6-12/h2-6,13,16H,7-11H2,1H3. The lowest BCUT2D eigenvalue weighted by molar-refractivity contribution is -0.131. The van der Waals surface area contributed by atoms with E-state index in [1.54, 1.807) is 17.0 Å². The van der Waals surface area contributed by atoms with Crippen molar-refractivity contribution in [2.45, 2.75) is 25.3 Å². The fraction of sp³-hybridized carbons (Fsp3) is 0.467. The highest BCUT2D eigenvalue weighted by molar-refractivity contribution is 5.97. The summed E-state index contributed by atoms with van der Waals surface area (Å²) in [6.45, 7) is 1.82. The molecule has 0 aromatic heterocycles. The maximum absolute atomic E-state index is 12.0. The topological polar surface area (TPSA) is 49.4 Å². The van der Waals surface area contributed by atoms with Crippen LogP contribution in [0.15, 0.2) is 30.3 Å². The average Bonchev–Trinajstić information content (AvgIpc) is 2.98. The van der Waals surface area contributed by atoms with E-state index in [0.29, 0.717) is 12.0 Å². The van der Waals surface area contributed by atoms with Crippen molar-refractivity contribution >= 4 is 11.7 Å². The SMILES string of the molecule is CN(C(=O)CCC(=O)c1ccccc1)C1CCNC1. The molecule has 1 amide bonds. The molecule has 0 saturated carbocycles. The van der Waals surface area contributed by atoms with E-state index >= 15 is 0 Å². The molecule has 1 aromatic carbocycles. The van der Waals surface area contributed by atoms with Gasteiger partial charge >= 0.3 is 0 Å². The molecule has 4 heteroatoms. The van der Waals surface area contributed by atoms with E-state index in [-0.39, 0.29) is 24.2 Å². The van der Waals surface area contributed by atoms with Crippen LogP contribution in [0.1, 0.15) is 29.6 Å². The summed E-state index contributed by atoms with van der Waals surface area (Å²) in [6, 6.07) is 9.41. The van der Waals surface area contributed by atoms with Crippen molar-refractivity contribution in [1.82, 2.24) is 10.2 Å². The average molecular weight is 260 g/mol. The molecule has 1 aliphatic rings. The second-order valence-electron chi connectivity index (χ2n) is 4.94. The summed E-state index contributed by atoms with van der Waals surface area (Å²) in [5.74, 6) is 0.0879. The fourth-order valence-electron chi connectivity index (χ4n) is 2.34. The van der Waals surface area contributed by atoms with Gasteiger partial charge in [-0.2, -0.15) is 0 Å². The van der Waals surface area contributed by atoms with Crippen LogP contribution in [0, 0.1) is 0 Å². The number of nitrogens with one attached hydrogen (secondary N) is 1. The molecule has 1 atom stereocenters. The quantitative estimate of drug-likeness (QED) is 0.816. The maximum atomic E-state index is 12.0. The zero-order valence-electron chi connectivity index (χ0n) is 11.3. The maximum Gasteiger partial charge on any atom is 0.223 e. The first kappa shape index (κ1) is 13.7. The summed E-state index contributed by atoms with van der Waals surface area (Å²) in [5, 5.41) is 3.24. The van der Waals surface area contributed by atoms with Crippen molar-refractivity contribution in [3.63, 3.8) is 0 Å². The zero-order valence-corrected chi connectivity index (χ0v) is 11.3. The van der Waals surface area contributed by atoms with Crippen molar-refractivity contribution in [3.05, 3.63) is 35.9 Å². The van der Waals surface area contributed by atoms with E-state index in [4.69, 9.17) is 0 Å². The summed E-state index contributed by atoms with van der Waals surface area (Å²) in [4.78, 5) is 25.7. The van der Waals surface area contributed by atoms with Gasteiger partial charge in [0.2, 0.25) is 5.91 Å². The molecule has 4 nitrogen and oxygen atoms in total. The second kappa shape index (κ2) is 6.48. The number of ketones is 1. The number of likely N-dealkylation sites (N-methyl/N-ethyl adjacent to an activating group) is 1. The Morgan fingerprint density at radius 3 is 2.63 bits per heavy atom. The third kappa shape index (κ3) is 3.64. The molecule has 0 bridgehead atoms. The van der Waals surface area contributed by atoms with E-state index in [1.807, 2.05) is 25.2 Å². The number of benzene rings is 1. The van der Waals surface area contributed by atoms with Gasteiger partial charge in [0.25, 0.3) is 0 Å². The van der Waals surface area contributed by atoms with E-state index < -0.39 is 0 Å². The first-order chi connectivity index (χ1) is 9.18. The molecule has 0 radical (unpaired) electrons. The number of Topliss-reactive ketones (excluding diaryl/α,β-unsaturated/α-hetero) is 1. The molecule has 0 spiro atoms. The number of nitrogens with zero attached hydrogens (tertiary/aromatic N) is 1. The third-order valence-electron chi connectivity index (χ3n) is 3.64. The molecule has 0 aliphatic carbocycles. The van der Waals surface area contributed by atoms with Crippen LogP contribution in [-0.4, -0.2) is 42.8 Å². The van der Waals surface area contributed by atoms with E-state index in [0.717, 1.165) is 19.5 Å². The smallest absolute Gasteiger partial charge is 0.223 e. The van der Waals surface area contributed by atoms with Crippen molar-refractivity contribution in [1.29, 1.82) is 0 Å². The Labute approximate surface area is 113 Å². The molecule has 1 unspecified atom stereocenters. The number of rotatable bonds is 5. The number of hydrogen-bond donors (Lipinski definition) is 1. The summed E-state index contributed by atoms with van der Waals surface area (Å²) < 4.78 is 0. The number of amides is 1. The van der Waals surface area contributed by atoms with Crippen LogP contribution in [0.3, 0.4) is 0 Å². The highest BCUT2D eigenvalue weighted by Gasteiger charge is 2.23. The van der Waals surface area contributed by atoms with Crippen molar-refractivity contribution in [2.24, 2.45) is 0 Å². The second-order valence-corrected chi connectivity index (χ2v) is 4.94. The van der Waals surface area contributed by atoms with E-state index in [9.17, 15) is 9.59 Å². The Balaban J connectivity index is 1.81. The van der Waals surface area contributed by atoms with Crippen LogP contribution >= 0.6 is 0 Å². The highest BCUT2D eigenvalue weighted by Crippen LogP contribution is 2.10. The molecule has 102 valence electrons. The minimum Gasteiger partial charge on any atom is -0.341 e. The fourth-order valence-corrected chi connectivity index (χ4v) is 2.34. The monoisotopic (exact) mass is 260 g/mol. The lowest BCUT2D eigenvalue weighted by atomic mass is 10.1. The number of carbonyl (C=O) groups is 2. The molecule has 2 rings (SSSR count). The van der Waals surface area contributed by atoms with Gasteiger partial charge < -0.3 is 10.2 Å². The van der Waals surface area contributed by atoms with Gasteiger partial charge in [-0.05, 0) is 13.0 Å². The highest BCUT2D eigenvalue weighted by atomic mass is 16.2. The Morgan fingerprint density at radius 1 is 1.26 bits per heavy atom. The molecule has 1 fully saturated rings. The Kier molecular flexibility index (Phi) is 4.68. The summed E-state index contributed by atoms with van der Waals surface area (Å²) in [7, 11) is 1.83. The molecule has 1 aliphatic heterocycles. The molecule has 1 saturated heterocycles. The lowest BCUT2D eigenvalue weighted by Gasteiger charge is -2.23. The summed E-state index contributed by atoms with van der Waals surface area (Å²) in [6.07, 6.45) is 1.57. The van der Waals surface area contributed by atoms with Crippen LogP contribution in [-0.2, 0) is 4.79 Å². The van der Waals surface area contributed by atoms with E-state index in [1.165, 1.54) is 0 Å². The van der Waals surface area contributed by atoms with Crippen LogP contribution in [0.4, 0.5) is 0 Å². The lowest BCUT2D eigenvalue weighted by Crippen LogP contribution is -2.38. The Bertz CT molecular complexity index is 439. The van der Waals surface area contributed by atoms with Crippen LogP contribution in [0.2, 0.25) is 0 Å². The van der Waals surface area contributed by atoms with Crippen LogP contribution < -0.4 is 5.32 Å². The molecular weight excluding hydrogens is 240 g/mol. The van der Waals surface area contributed by atoms with Gasteiger partial charge in [0, 0.05) is 38.0 Å². The van der Waals surface area contributed by atoms with Gasteiger partial charge in [-0.25, -0.2) is 0 Å². The predicted octanol–water partition coefficient (Wildman–Crippen LogP) is 1.47. The number of hydrogen-bond acceptors (Lipinski definition) is 3. The zero-order chi connectivity index (χ0) is 13.7. The molecule has 1 heterocycles. The van der Waals surface area contributed by atoms with Crippen molar-refractivity contribution in [3.8, 4) is 0 Å². The molecular formula is C15H20N2O2. The predicted molar refractivity (Wildman–Crippen MR) is 74.1 cm³/mol.